The zero-order valence-corrected chi connectivity index (χ0v) is 11.4. The van der Waals surface area contributed by atoms with Crippen LogP contribution in [0.15, 0.2) is 22.7 Å². The summed E-state index contributed by atoms with van der Waals surface area (Å²) in [4.78, 5) is 0. The topological polar surface area (TPSA) is 70.5 Å². The van der Waals surface area contributed by atoms with Crippen LogP contribution >= 0.6 is 0 Å². The number of halogens is 2. The van der Waals surface area contributed by atoms with E-state index in [0.29, 0.717) is 31.1 Å². The Morgan fingerprint density at radius 2 is 1.81 bits per heavy atom. The number of rotatable bonds is 2. The van der Waals surface area contributed by atoms with Crippen LogP contribution in [-0.2, 0) is 5.92 Å². The predicted molar refractivity (Wildman–Crippen MR) is 71.5 cm³/mol. The molecular weight excluding hydrogens is 282 g/mol. The smallest absolute Gasteiger partial charge is 0.271 e. The number of anilines is 1. The van der Waals surface area contributed by atoms with E-state index < -0.39 is 5.92 Å². The van der Waals surface area contributed by atoms with Gasteiger partial charge < -0.3 is 19.7 Å². The molecule has 0 aliphatic carbocycles. The molecule has 21 heavy (non-hydrogen) atoms. The van der Waals surface area contributed by atoms with Gasteiger partial charge in [-0.25, -0.2) is 8.78 Å². The van der Waals surface area contributed by atoms with E-state index in [4.69, 9.17) is 19.7 Å². The molecule has 7 heteroatoms. The van der Waals surface area contributed by atoms with E-state index in [9.17, 15) is 8.78 Å². The van der Waals surface area contributed by atoms with Gasteiger partial charge in [0.25, 0.3) is 5.92 Å². The van der Waals surface area contributed by atoms with Gasteiger partial charge in [0.15, 0.2) is 23.1 Å². The first-order valence-electron chi connectivity index (χ1n) is 6.49. The minimum atomic E-state index is -3.07. The normalized spacial score (nSPS) is 14.8. The molecule has 0 fully saturated rings. The quantitative estimate of drug-likeness (QED) is 0.921. The number of nitrogens with two attached hydrogens (primary N) is 1. The summed E-state index contributed by atoms with van der Waals surface area (Å²) in [5.41, 5.74) is 5.46. The minimum Gasteiger partial charge on any atom is -0.490 e. The molecule has 2 N–H and O–H groups in total. The maximum absolute atomic E-state index is 13.9. The van der Waals surface area contributed by atoms with Crippen molar-refractivity contribution in [2.45, 2.75) is 19.3 Å². The van der Waals surface area contributed by atoms with Crippen molar-refractivity contribution < 1.29 is 22.8 Å². The second kappa shape index (κ2) is 4.91. The molecule has 2 aromatic rings. The third-order valence-corrected chi connectivity index (χ3v) is 3.15. The second-order valence-electron chi connectivity index (χ2n) is 4.90. The Labute approximate surface area is 119 Å². The molecule has 3 rings (SSSR count). The van der Waals surface area contributed by atoms with Gasteiger partial charge in [0.05, 0.1) is 13.2 Å². The molecule has 0 bridgehead atoms. The van der Waals surface area contributed by atoms with Gasteiger partial charge in [-0.05, 0) is 12.1 Å². The van der Waals surface area contributed by atoms with Crippen LogP contribution in [0.5, 0.6) is 11.5 Å². The highest BCUT2D eigenvalue weighted by molar-refractivity contribution is 5.69. The Hall–Kier alpha value is -2.31. The van der Waals surface area contributed by atoms with E-state index in [1.54, 1.807) is 0 Å². The van der Waals surface area contributed by atoms with E-state index in [-0.39, 0.29) is 22.7 Å². The predicted octanol–water partition coefficient (Wildman–Crippen LogP) is 3.20. The molecule has 1 aliphatic rings. The average molecular weight is 296 g/mol. The molecule has 0 saturated carbocycles. The standard InChI is InChI=1S/C14H14F2N2O3/c1-14(15,16)9-6-12-11(19-3-2-4-20-12)5-8(9)10-7-13(17)18-21-10/h5-7H,2-4H2,1H3,(H2,17,18). The van der Waals surface area contributed by atoms with Crippen molar-refractivity contribution >= 4 is 5.82 Å². The molecule has 0 spiro atoms. The third-order valence-electron chi connectivity index (χ3n) is 3.15. The van der Waals surface area contributed by atoms with Crippen LogP contribution in [-0.4, -0.2) is 18.4 Å². The summed E-state index contributed by atoms with van der Waals surface area (Å²) in [6, 6.07) is 4.16. The largest absolute Gasteiger partial charge is 0.490 e. The number of ether oxygens (including phenoxy) is 2. The fourth-order valence-electron chi connectivity index (χ4n) is 2.19. The molecule has 0 amide bonds. The third kappa shape index (κ3) is 2.63. The summed E-state index contributed by atoms with van der Waals surface area (Å²) in [7, 11) is 0. The van der Waals surface area contributed by atoms with Gasteiger partial charge >= 0.3 is 0 Å². The molecule has 0 atom stereocenters. The fraction of sp³-hybridized carbons (Fsp3) is 0.357. The van der Waals surface area contributed by atoms with Crippen LogP contribution in [0, 0.1) is 0 Å². The molecule has 0 radical (unpaired) electrons. The number of nitrogen functional groups attached to an aromatic ring is 1. The number of aromatic nitrogens is 1. The fourth-order valence-corrected chi connectivity index (χ4v) is 2.19. The molecule has 1 aromatic heterocycles. The van der Waals surface area contributed by atoms with E-state index in [1.165, 1.54) is 18.2 Å². The molecule has 2 heterocycles. The van der Waals surface area contributed by atoms with Crippen molar-refractivity contribution in [3.63, 3.8) is 0 Å². The number of fused-ring (bicyclic) bond motifs is 1. The Bertz CT molecular complexity index is 665. The SMILES string of the molecule is CC(F)(F)c1cc2c(cc1-c1cc(N)no1)OCCCO2. The number of hydrogen-bond acceptors (Lipinski definition) is 5. The van der Waals surface area contributed by atoms with E-state index >= 15 is 0 Å². The maximum atomic E-state index is 13.9. The molecule has 5 nitrogen and oxygen atoms in total. The average Bonchev–Trinajstić information content (AvgIpc) is 2.71. The Balaban J connectivity index is 2.18. The molecule has 112 valence electrons. The van der Waals surface area contributed by atoms with Crippen molar-refractivity contribution in [3.05, 3.63) is 23.8 Å². The van der Waals surface area contributed by atoms with Crippen LogP contribution in [0.3, 0.4) is 0 Å². The lowest BCUT2D eigenvalue weighted by Gasteiger charge is -2.17. The van der Waals surface area contributed by atoms with Crippen LogP contribution in [0.4, 0.5) is 14.6 Å². The van der Waals surface area contributed by atoms with Crippen molar-refractivity contribution in [1.29, 1.82) is 0 Å². The maximum Gasteiger partial charge on any atom is 0.271 e. The van der Waals surface area contributed by atoms with Gasteiger partial charge in [0, 0.05) is 30.5 Å². The molecular formula is C14H14F2N2O3. The summed E-state index contributed by atoms with van der Waals surface area (Å²) in [5, 5.41) is 3.53. The monoisotopic (exact) mass is 296 g/mol. The lowest BCUT2D eigenvalue weighted by Crippen LogP contribution is -2.10. The van der Waals surface area contributed by atoms with Crippen LogP contribution in [0.1, 0.15) is 18.9 Å². The zero-order valence-electron chi connectivity index (χ0n) is 11.4. The summed E-state index contributed by atoms with van der Waals surface area (Å²) in [6.07, 6.45) is 0.692. The minimum absolute atomic E-state index is 0.127. The molecule has 0 unspecified atom stereocenters. The number of hydrogen-bond donors (Lipinski definition) is 1. The zero-order chi connectivity index (χ0) is 15.0. The molecule has 1 aliphatic heterocycles. The highest BCUT2D eigenvalue weighted by Gasteiger charge is 2.32. The number of benzene rings is 1. The van der Waals surface area contributed by atoms with Crippen LogP contribution in [0.25, 0.3) is 11.3 Å². The summed E-state index contributed by atoms with van der Waals surface area (Å²) >= 11 is 0. The summed E-state index contributed by atoms with van der Waals surface area (Å²) in [6.45, 7) is 1.71. The van der Waals surface area contributed by atoms with E-state index in [1.807, 2.05) is 0 Å². The van der Waals surface area contributed by atoms with Crippen molar-refractivity contribution in [3.8, 4) is 22.8 Å². The molecule has 0 saturated heterocycles. The van der Waals surface area contributed by atoms with Gasteiger partial charge in [-0.2, -0.15) is 0 Å². The van der Waals surface area contributed by atoms with Crippen molar-refractivity contribution in [2.24, 2.45) is 0 Å². The summed E-state index contributed by atoms with van der Waals surface area (Å²) in [5.74, 6) is -2.06. The van der Waals surface area contributed by atoms with Crippen LogP contribution < -0.4 is 15.2 Å². The highest BCUT2D eigenvalue weighted by atomic mass is 19.3. The first-order valence-corrected chi connectivity index (χ1v) is 6.49. The number of nitrogens with zero attached hydrogens (tertiary/aromatic N) is 1. The number of alkyl halides is 2. The van der Waals surface area contributed by atoms with Gasteiger partial charge in [0.2, 0.25) is 0 Å². The van der Waals surface area contributed by atoms with E-state index in [0.717, 1.165) is 6.92 Å². The first kappa shape index (κ1) is 13.7. The van der Waals surface area contributed by atoms with Gasteiger partial charge in [-0.15, -0.1) is 0 Å². The van der Waals surface area contributed by atoms with E-state index in [2.05, 4.69) is 5.16 Å². The lowest BCUT2D eigenvalue weighted by atomic mass is 9.99. The first-order chi connectivity index (χ1) is 9.95. The molecule has 1 aromatic carbocycles. The Morgan fingerprint density at radius 3 is 2.38 bits per heavy atom. The lowest BCUT2D eigenvalue weighted by molar-refractivity contribution is 0.0176. The Morgan fingerprint density at radius 1 is 1.14 bits per heavy atom. The summed E-state index contributed by atoms with van der Waals surface area (Å²) < 4.78 is 43.8. The van der Waals surface area contributed by atoms with Crippen LogP contribution in [0.2, 0.25) is 0 Å². The second-order valence-corrected chi connectivity index (χ2v) is 4.90. The van der Waals surface area contributed by atoms with Crippen molar-refractivity contribution in [1.82, 2.24) is 5.16 Å². The van der Waals surface area contributed by atoms with Gasteiger partial charge in [-0.1, -0.05) is 5.16 Å². The highest BCUT2D eigenvalue weighted by Crippen LogP contribution is 2.43. The van der Waals surface area contributed by atoms with Gasteiger partial charge in [0.1, 0.15) is 0 Å². The van der Waals surface area contributed by atoms with Gasteiger partial charge in [-0.3, -0.25) is 0 Å². The van der Waals surface area contributed by atoms with Crippen molar-refractivity contribution in [2.75, 3.05) is 18.9 Å². The Kier molecular flexibility index (Phi) is 3.19.